The second-order valence-corrected chi connectivity index (χ2v) is 5.50. The summed E-state index contributed by atoms with van der Waals surface area (Å²) in [4.78, 5) is 4.47. The van der Waals surface area contributed by atoms with E-state index in [1.807, 2.05) is 6.26 Å². The van der Waals surface area contributed by atoms with Crippen LogP contribution in [-0.4, -0.2) is 50.1 Å². The summed E-state index contributed by atoms with van der Waals surface area (Å²) in [6, 6.07) is 2.65. The zero-order valence-corrected chi connectivity index (χ0v) is 12.4. The SMILES string of the molecule is CC(C)NCc1coc(CN(C)CCN(C)C)c1. The van der Waals surface area contributed by atoms with E-state index in [0.717, 1.165) is 31.9 Å². The largest absolute Gasteiger partial charge is 0.468 e. The Kier molecular flexibility index (Phi) is 6.39. The molecule has 0 spiro atoms. The maximum Gasteiger partial charge on any atom is 0.118 e. The van der Waals surface area contributed by atoms with Gasteiger partial charge >= 0.3 is 0 Å². The normalized spacial score (nSPS) is 12.0. The van der Waals surface area contributed by atoms with Gasteiger partial charge in [0.05, 0.1) is 12.8 Å². The van der Waals surface area contributed by atoms with Gasteiger partial charge in [0.25, 0.3) is 0 Å². The molecule has 0 saturated carbocycles. The maximum atomic E-state index is 5.58. The molecule has 0 saturated heterocycles. The summed E-state index contributed by atoms with van der Waals surface area (Å²) in [5.41, 5.74) is 1.22. The van der Waals surface area contributed by atoms with Gasteiger partial charge in [-0.15, -0.1) is 0 Å². The predicted molar refractivity (Wildman–Crippen MR) is 75.6 cm³/mol. The van der Waals surface area contributed by atoms with E-state index in [1.165, 1.54) is 5.56 Å². The molecule has 1 rings (SSSR count). The van der Waals surface area contributed by atoms with E-state index in [4.69, 9.17) is 4.42 Å². The zero-order chi connectivity index (χ0) is 13.5. The van der Waals surface area contributed by atoms with E-state index >= 15 is 0 Å². The molecule has 0 aromatic carbocycles. The van der Waals surface area contributed by atoms with Crippen molar-refractivity contribution in [3.63, 3.8) is 0 Å². The Morgan fingerprint density at radius 1 is 1.22 bits per heavy atom. The fourth-order valence-electron chi connectivity index (χ4n) is 1.64. The summed E-state index contributed by atoms with van der Waals surface area (Å²) in [5, 5.41) is 3.39. The molecule has 0 aliphatic heterocycles. The molecule has 104 valence electrons. The summed E-state index contributed by atoms with van der Waals surface area (Å²) in [6.45, 7) is 8.16. The quantitative estimate of drug-likeness (QED) is 0.765. The molecule has 0 aliphatic rings. The lowest BCUT2D eigenvalue weighted by Crippen LogP contribution is -2.28. The number of nitrogens with one attached hydrogen (secondary N) is 1. The minimum absolute atomic E-state index is 0.506. The minimum atomic E-state index is 0.506. The molecular formula is C14H27N3O. The van der Waals surface area contributed by atoms with Crippen LogP contribution < -0.4 is 5.32 Å². The second-order valence-electron chi connectivity index (χ2n) is 5.50. The van der Waals surface area contributed by atoms with Gasteiger partial charge in [0.15, 0.2) is 0 Å². The van der Waals surface area contributed by atoms with Crippen LogP contribution in [0.1, 0.15) is 25.2 Å². The van der Waals surface area contributed by atoms with Crippen LogP contribution in [0.5, 0.6) is 0 Å². The highest BCUT2D eigenvalue weighted by Crippen LogP contribution is 2.10. The summed E-state index contributed by atoms with van der Waals surface area (Å²) in [7, 11) is 6.31. The fraction of sp³-hybridized carbons (Fsp3) is 0.714. The Morgan fingerprint density at radius 3 is 2.56 bits per heavy atom. The average molecular weight is 253 g/mol. The standard InChI is InChI=1S/C14H27N3O/c1-12(2)15-9-13-8-14(18-11-13)10-17(5)7-6-16(3)4/h8,11-12,15H,6-7,9-10H2,1-5H3. The van der Waals surface area contributed by atoms with Gasteiger partial charge in [-0.3, -0.25) is 4.90 Å². The Balaban J connectivity index is 2.34. The van der Waals surface area contributed by atoms with Crippen molar-refractivity contribution >= 4 is 0 Å². The van der Waals surface area contributed by atoms with Gasteiger partial charge < -0.3 is 14.6 Å². The van der Waals surface area contributed by atoms with Crippen molar-refractivity contribution < 1.29 is 4.42 Å². The van der Waals surface area contributed by atoms with Crippen LogP contribution in [0.3, 0.4) is 0 Å². The Labute approximate surface area is 111 Å². The molecule has 0 unspecified atom stereocenters. The molecule has 0 atom stereocenters. The van der Waals surface area contributed by atoms with Crippen LogP contribution in [-0.2, 0) is 13.1 Å². The zero-order valence-electron chi connectivity index (χ0n) is 12.4. The Bertz CT molecular complexity index is 334. The molecule has 4 nitrogen and oxygen atoms in total. The first-order valence-corrected chi connectivity index (χ1v) is 6.60. The molecule has 18 heavy (non-hydrogen) atoms. The molecule has 1 aromatic heterocycles. The van der Waals surface area contributed by atoms with Crippen LogP contribution >= 0.6 is 0 Å². The van der Waals surface area contributed by atoms with Crippen molar-refractivity contribution in [2.75, 3.05) is 34.2 Å². The molecule has 0 amide bonds. The third kappa shape index (κ3) is 6.19. The predicted octanol–water partition coefficient (Wildman–Crippen LogP) is 1.77. The Morgan fingerprint density at radius 2 is 1.94 bits per heavy atom. The van der Waals surface area contributed by atoms with Gasteiger partial charge in [-0.1, -0.05) is 13.8 Å². The van der Waals surface area contributed by atoms with Crippen molar-refractivity contribution in [3.05, 3.63) is 23.7 Å². The highest BCUT2D eigenvalue weighted by Gasteiger charge is 2.06. The van der Waals surface area contributed by atoms with Crippen LogP contribution in [0.15, 0.2) is 16.7 Å². The lowest BCUT2D eigenvalue weighted by Gasteiger charge is -2.17. The molecule has 1 aromatic rings. The van der Waals surface area contributed by atoms with E-state index in [-0.39, 0.29) is 0 Å². The Hall–Kier alpha value is -0.840. The van der Waals surface area contributed by atoms with Crippen molar-refractivity contribution in [2.45, 2.75) is 33.0 Å². The van der Waals surface area contributed by atoms with Crippen molar-refractivity contribution in [1.29, 1.82) is 0 Å². The molecular weight excluding hydrogens is 226 g/mol. The average Bonchev–Trinajstić information content (AvgIpc) is 2.71. The van der Waals surface area contributed by atoms with Crippen molar-refractivity contribution in [3.8, 4) is 0 Å². The number of rotatable bonds is 8. The maximum absolute atomic E-state index is 5.58. The highest BCUT2D eigenvalue weighted by atomic mass is 16.3. The van der Waals surface area contributed by atoms with E-state index < -0.39 is 0 Å². The van der Waals surface area contributed by atoms with E-state index in [0.29, 0.717) is 6.04 Å². The van der Waals surface area contributed by atoms with Crippen LogP contribution in [0.25, 0.3) is 0 Å². The number of likely N-dealkylation sites (N-methyl/N-ethyl adjacent to an activating group) is 2. The van der Waals surface area contributed by atoms with E-state index in [9.17, 15) is 0 Å². The van der Waals surface area contributed by atoms with Crippen LogP contribution in [0.2, 0.25) is 0 Å². The van der Waals surface area contributed by atoms with Gasteiger partial charge in [-0.25, -0.2) is 0 Å². The van der Waals surface area contributed by atoms with Crippen molar-refractivity contribution in [2.24, 2.45) is 0 Å². The van der Waals surface area contributed by atoms with Crippen LogP contribution in [0, 0.1) is 0 Å². The highest BCUT2D eigenvalue weighted by molar-refractivity contribution is 5.12. The third-order valence-electron chi connectivity index (χ3n) is 2.78. The van der Waals surface area contributed by atoms with Gasteiger partial charge in [0.2, 0.25) is 0 Å². The second kappa shape index (κ2) is 7.56. The van der Waals surface area contributed by atoms with Gasteiger partial charge in [0, 0.05) is 31.2 Å². The molecule has 0 fully saturated rings. The minimum Gasteiger partial charge on any atom is -0.468 e. The molecule has 0 radical (unpaired) electrons. The first kappa shape index (κ1) is 15.2. The first-order chi connectivity index (χ1) is 8.47. The van der Waals surface area contributed by atoms with E-state index in [2.05, 4.69) is 56.2 Å². The number of nitrogens with zero attached hydrogens (tertiary/aromatic N) is 2. The summed E-state index contributed by atoms with van der Waals surface area (Å²) < 4.78 is 5.58. The number of furan rings is 1. The lowest BCUT2D eigenvalue weighted by atomic mass is 10.3. The van der Waals surface area contributed by atoms with Gasteiger partial charge in [-0.05, 0) is 27.2 Å². The summed E-state index contributed by atoms with van der Waals surface area (Å²) in [5.74, 6) is 1.04. The summed E-state index contributed by atoms with van der Waals surface area (Å²) in [6.07, 6.45) is 1.85. The molecule has 0 aliphatic carbocycles. The molecule has 1 heterocycles. The van der Waals surface area contributed by atoms with Gasteiger partial charge in [0.1, 0.15) is 5.76 Å². The van der Waals surface area contributed by atoms with Crippen molar-refractivity contribution in [1.82, 2.24) is 15.1 Å². The van der Waals surface area contributed by atoms with Crippen LogP contribution in [0.4, 0.5) is 0 Å². The molecule has 4 heteroatoms. The lowest BCUT2D eigenvalue weighted by molar-refractivity contribution is 0.258. The molecule has 0 bridgehead atoms. The third-order valence-corrected chi connectivity index (χ3v) is 2.78. The number of hydrogen-bond acceptors (Lipinski definition) is 4. The topological polar surface area (TPSA) is 31.7 Å². The monoisotopic (exact) mass is 253 g/mol. The van der Waals surface area contributed by atoms with Gasteiger partial charge in [-0.2, -0.15) is 0 Å². The van der Waals surface area contributed by atoms with E-state index in [1.54, 1.807) is 0 Å². The number of hydrogen-bond donors (Lipinski definition) is 1. The fourth-order valence-corrected chi connectivity index (χ4v) is 1.64. The first-order valence-electron chi connectivity index (χ1n) is 6.60. The summed E-state index contributed by atoms with van der Waals surface area (Å²) >= 11 is 0. The smallest absolute Gasteiger partial charge is 0.118 e. The molecule has 1 N–H and O–H groups in total.